The third-order valence-corrected chi connectivity index (χ3v) is 2.68. The lowest BCUT2D eigenvalue weighted by molar-refractivity contribution is 0.763. The van der Waals surface area contributed by atoms with Gasteiger partial charge in [-0.15, -0.1) is 0 Å². The van der Waals surface area contributed by atoms with E-state index in [4.69, 9.17) is 0 Å². The molecule has 0 aliphatic rings. The van der Waals surface area contributed by atoms with Crippen LogP contribution in [-0.4, -0.2) is 25.8 Å². The second-order valence-corrected chi connectivity index (χ2v) is 3.58. The molecule has 0 N–H and O–H groups in total. The average Bonchev–Trinajstić information content (AvgIpc) is 2.43. The van der Waals surface area contributed by atoms with Gasteiger partial charge < -0.3 is 0 Å². The van der Waals surface area contributed by atoms with Crippen molar-refractivity contribution in [3.05, 3.63) is 17.6 Å². The highest BCUT2D eigenvalue weighted by atomic mass is 32.2. The molecule has 0 radical (unpaired) electrons. The molecule has 0 aliphatic carbocycles. The first-order valence-corrected chi connectivity index (χ1v) is 5.17. The number of nitrogens with zero attached hydrogens (tertiary/aromatic N) is 4. The molecule has 5 heteroatoms. The molecule has 0 fully saturated rings. The first-order valence-electron chi connectivity index (χ1n) is 3.95. The standard InChI is InChI=1S/C8H10N4S/c1-5-6(2)11-12-7(5)9-4-10-8(12)13-3/h4H,1-3H3. The fraction of sp³-hybridized carbons (Fsp3) is 0.375. The summed E-state index contributed by atoms with van der Waals surface area (Å²) >= 11 is 1.57. The maximum Gasteiger partial charge on any atom is 0.192 e. The highest BCUT2D eigenvalue weighted by Gasteiger charge is 2.08. The van der Waals surface area contributed by atoms with Crippen molar-refractivity contribution in [2.75, 3.05) is 6.26 Å². The Morgan fingerprint density at radius 1 is 1.31 bits per heavy atom. The van der Waals surface area contributed by atoms with Crippen molar-refractivity contribution in [2.24, 2.45) is 0 Å². The van der Waals surface area contributed by atoms with Gasteiger partial charge in [0.25, 0.3) is 0 Å². The minimum absolute atomic E-state index is 0.876. The van der Waals surface area contributed by atoms with Crippen molar-refractivity contribution in [3.63, 3.8) is 0 Å². The molecule has 0 spiro atoms. The van der Waals surface area contributed by atoms with Crippen LogP contribution in [-0.2, 0) is 0 Å². The predicted molar refractivity (Wildman–Crippen MR) is 52.0 cm³/mol. The van der Waals surface area contributed by atoms with Gasteiger partial charge in [-0.05, 0) is 20.1 Å². The van der Waals surface area contributed by atoms with Crippen LogP contribution in [0, 0.1) is 13.8 Å². The lowest BCUT2D eigenvalue weighted by Crippen LogP contribution is -1.97. The zero-order valence-corrected chi connectivity index (χ0v) is 8.59. The highest BCUT2D eigenvalue weighted by Crippen LogP contribution is 2.16. The first kappa shape index (κ1) is 8.50. The monoisotopic (exact) mass is 194 g/mol. The summed E-state index contributed by atoms with van der Waals surface area (Å²) in [5.74, 6) is 0. The van der Waals surface area contributed by atoms with Crippen LogP contribution in [0.5, 0.6) is 0 Å². The van der Waals surface area contributed by atoms with E-state index in [0.29, 0.717) is 0 Å². The van der Waals surface area contributed by atoms with Crippen molar-refractivity contribution in [2.45, 2.75) is 19.0 Å². The van der Waals surface area contributed by atoms with Gasteiger partial charge in [-0.2, -0.15) is 9.61 Å². The van der Waals surface area contributed by atoms with Gasteiger partial charge >= 0.3 is 0 Å². The Morgan fingerprint density at radius 2 is 2.08 bits per heavy atom. The molecule has 13 heavy (non-hydrogen) atoms. The van der Waals surface area contributed by atoms with Gasteiger partial charge in [-0.25, -0.2) is 9.97 Å². The molecule has 0 aromatic carbocycles. The average molecular weight is 194 g/mol. The summed E-state index contributed by atoms with van der Waals surface area (Å²) in [6, 6.07) is 0. The van der Waals surface area contributed by atoms with Crippen LogP contribution >= 0.6 is 11.8 Å². The Morgan fingerprint density at radius 3 is 2.77 bits per heavy atom. The van der Waals surface area contributed by atoms with Crippen LogP contribution in [0.4, 0.5) is 0 Å². The first-order chi connectivity index (χ1) is 6.24. The summed E-state index contributed by atoms with van der Waals surface area (Å²) in [5, 5.41) is 5.23. The van der Waals surface area contributed by atoms with Crippen LogP contribution < -0.4 is 0 Å². The quantitative estimate of drug-likeness (QED) is 0.645. The third-order valence-electron chi connectivity index (χ3n) is 2.04. The number of hydrogen-bond donors (Lipinski definition) is 0. The fourth-order valence-electron chi connectivity index (χ4n) is 1.20. The fourth-order valence-corrected chi connectivity index (χ4v) is 1.66. The van der Waals surface area contributed by atoms with Crippen molar-refractivity contribution in [1.29, 1.82) is 0 Å². The molecular formula is C8H10N4S. The van der Waals surface area contributed by atoms with Crippen LogP contribution in [0.25, 0.3) is 5.65 Å². The predicted octanol–water partition coefficient (Wildman–Crippen LogP) is 1.46. The number of fused-ring (bicyclic) bond motifs is 1. The van der Waals surface area contributed by atoms with E-state index >= 15 is 0 Å². The zero-order valence-electron chi connectivity index (χ0n) is 7.77. The van der Waals surface area contributed by atoms with Gasteiger partial charge in [-0.3, -0.25) is 0 Å². The van der Waals surface area contributed by atoms with E-state index in [1.165, 1.54) is 0 Å². The number of aryl methyl sites for hydroxylation is 2. The van der Waals surface area contributed by atoms with Crippen molar-refractivity contribution >= 4 is 17.4 Å². The van der Waals surface area contributed by atoms with Gasteiger partial charge in [0.2, 0.25) is 0 Å². The molecule has 0 bridgehead atoms. The third kappa shape index (κ3) is 1.19. The van der Waals surface area contributed by atoms with E-state index in [-0.39, 0.29) is 0 Å². The maximum atomic E-state index is 4.35. The summed E-state index contributed by atoms with van der Waals surface area (Å²) < 4.78 is 1.79. The van der Waals surface area contributed by atoms with E-state index < -0.39 is 0 Å². The molecule has 4 nitrogen and oxygen atoms in total. The number of aromatic nitrogens is 4. The van der Waals surface area contributed by atoms with Crippen LogP contribution in [0.2, 0.25) is 0 Å². The number of thioether (sulfide) groups is 1. The van der Waals surface area contributed by atoms with Crippen molar-refractivity contribution < 1.29 is 0 Å². The van der Waals surface area contributed by atoms with Crippen LogP contribution in [0.3, 0.4) is 0 Å². The molecule has 0 aliphatic heterocycles. The second-order valence-electron chi connectivity index (χ2n) is 2.81. The molecule has 2 rings (SSSR count). The molecule has 0 saturated heterocycles. The number of hydrogen-bond acceptors (Lipinski definition) is 4. The van der Waals surface area contributed by atoms with E-state index in [2.05, 4.69) is 15.1 Å². The smallest absolute Gasteiger partial charge is 0.192 e. The minimum Gasteiger partial charge on any atom is -0.217 e. The van der Waals surface area contributed by atoms with E-state index in [1.807, 2.05) is 20.1 Å². The van der Waals surface area contributed by atoms with Crippen LogP contribution in [0.1, 0.15) is 11.3 Å². The van der Waals surface area contributed by atoms with Gasteiger partial charge in [0.05, 0.1) is 5.69 Å². The Hall–Kier alpha value is -1.10. The largest absolute Gasteiger partial charge is 0.217 e. The summed E-state index contributed by atoms with van der Waals surface area (Å²) in [5.41, 5.74) is 3.03. The Labute approximate surface area is 80.4 Å². The van der Waals surface area contributed by atoms with E-state index in [1.54, 1.807) is 22.6 Å². The van der Waals surface area contributed by atoms with Gasteiger partial charge in [0.1, 0.15) is 6.33 Å². The van der Waals surface area contributed by atoms with E-state index in [0.717, 1.165) is 22.1 Å². The molecule has 68 valence electrons. The van der Waals surface area contributed by atoms with Gasteiger partial charge in [0.15, 0.2) is 10.8 Å². The lowest BCUT2D eigenvalue weighted by Gasteiger charge is -1.97. The lowest BCUT2D eigenvalue weighted by atomic mass is 10.3. The molecule has 0 saturated carbocycles. The Bertz CT molecular complexity index is 449. The summed E-state index contributed by atoms with van der Waals surface area (Å²) in [7, 11) is 0. The number of rotatable bonds is 1. The topological polar surface area (TPSA) is 43.1 Å². The van der Waals surface area contributed by atoms with Crippen molar-refractivity contribution in [3.8, 4) is 0 Å². The molecular weight excluding hydrogens is 184 g/mol. The normalized spacial score (nSPS) is 11.0. The molecule has 2 heterocycles. The molecule has 2 aromatic rings. The summed E-state index contributed by atoms with van der Waals surface area (Å²) in [4.78, 5) is 8.32. The van der Waals surface area contributed by atoms with Gasteiger partial charge in [-0.1, -0.05) is 11.8 Å². The molecule has 0 unspecified atom stereocenters. The molecule has 2 aromatic heterocycles. The minimum atomic E-state index is 0.876. The molecule has 0 amide bonds. The molecule has 0 atom stereocenters. The van der Waals surface area contributed by atoms with Crippen molar-refractivity contribution in [1.82, 2.24) is 19.6 Å². The summed E-state index contributed by atoms with van der Waals surface area (Å²) in [6.07, 6.45) is 3.56. The second kappa shape index (κ2) is 2.99. The maximum absolute atomic E-state index is 4.35. The highest BCUT2D eigenvalue weighted by molar-refractivity contribution is 7.98. The summed E-state index contributed by atoms with van der Waals surface area (Å²) in [6.45, 7) is 4.00. The Balaban J connectivity index is 2.84. The zero-order chi connectivity index (χ0) is 9.42. The van der Waals surface area contributed by atoms with Gasteiger partial charge in [0, 0.05) is 5.56 Å². The Kier molecular flexibility index (Phi) is 1.95. The van der Waals surface area contributed by atoms with E-state index in [9.17, 15) is 0 Å². The van der Waals surface area contributed by atoms with Crippen LogP contribution in [0.15, 0.2) is 11.5 Å². The SMILES string of the molecule is CSc1ncnc2c(C)c(C)nn12.